The zero-order chi connectivity index (χ0) is 21.5. The smallest absolute Gasteiger partial charge is 0.173 e. The van der Waals surface area contributed by atoms with Crippen molar-refractivity contribution >= 4 is 23.0 Å². The first kappa shape index (κ1) is 21.0. The molecule has 1 aliphatic rings. The highest BCUT2D eigenvalue weighted by atomic mass is 32.1. The zero-order valence-corrected chi connectivity index (χ0v) is 18.3. The van der Waals surface area contributed by atoms with E-state index in [0.29, 0.717) is 18.3 Å². The summed E-state index contributed by atoms with van der Waals surface area (Å²) in [5.41, 5.74) is 0.915. The average molecular weight is 435 g/mol. The molecule has 1 N–H and O–H groups in total. The average Bonchev–Trinajstić information content (AvgIpc) is 2.81. The van der Waals surface area contributed by atoms with E-state index in [9.17, 15) is 0 Å². The van der Waals surface area contributed by atoms with Crippen molar-refractivity contribution in [1.29, 1.82) is 0 Å². The first-order valence-electron chi connectivity index (χ1n) is 10.5. The van der Waals surface area contributed by atoms with Crippen LogP contribution < -0.4 is 19.5 Å². The Balaban J connectivity index is 1.35. The Kier molecular flexibility index (Phi) is 6.89. The highest BCUT2D eigenvalue weighted by Gasteiger charge is 2.24. The van der Waals surface area contributed by atoms with Gasteiger partial charge in [-0.15, -0.1) is 0 Å². The molecule has 1 aliphatic heterocycles. The first-order valence-corrected chi connectivity index (χ1v) is 10.9. The van der Waals surface area contributed by atoms with E-state index < -0.39 is 0 Å². The van der Waals surface area contributed by atoms with E-state index in [1.54, 1.807) is 0 Å². The third-order valence-corrected chi connectivity index (χ3v) is 5.22. The number of nitrogens with one attached hydrogen (secondary N) is 1. The molecular weight excluding hydrogens is 408 g/mol. The van der Waals surface area contributed by atoms with Crippen LogP contribution in [0.3, 0.4) is 0 Å². The Hall–Kier alpha value is -3.25. The van der Waals surface area contributed by atoms with Crippen molar-refractivity contribution in [3.8, 4) is 23.0 Å². The molecule has 0 bridgehead atoms. The third kappa shape index (κ3) is 5.67. The van der Waals surface area contributed by atoms with Crippen LogP contribution in [0.15, 0.2) is 78.9 Å². The van der Waals surface area contributed by atoms with Crippen molar-refractivity contribution in [2.45, 2.75) is 19.4 Å². The SMILES string of the molecule is CCCN(C[C@@H]1COc2ccccc2O1)C(=S)Nc1ccc(Oc2ccccc2)cc1. The molecule has 0 saturated carbocycles. The van der Waals surface area contributed by atoms with E-state index >= 15 is 0 Å². The Morgan fingerprint density at radius 3 is 2.39 bits per heavy atom. The molecule has 3 aromatic carbocycles. The summed E-state index contributed by atoms with van der Waals surface area (Å²) in [6.07, 6.45) is 0.901. The second-order valence-electron chi connectivity index (χ2n) is 7.31. The van der Waals surface area contributed by atoms with Gasteiger partial charge in [0.15, 0.2) is 22.7 Å². The Labute approximate surface area is 188 Å². The molecule has 0 aliphatic carbocycles. The van der Waals surface area contributed by atoms with Gasteiger partial charge in [-0.2, -0.15) is 0 Å². The van der Waals surface area contributed by atoms with E-state index in [-0.39, 0.29) is 6.10 Å². The summed E-state index contributed by atoms with van der Waals surface area (Å²) in [6.45, 7) is 4.13. The highest BCUT2D eigenvalue weighted by Crippen LogP contribution is 2.31. The van der Waals surface area contributed by atoms with Gasteiger partial charge < -0.3 is 24.4 Å². The summed E-state index contributed by atoms with van der Waals surface area (Å²) in [5.74, 6) is 3.16. The topological polar surface area (TPSA) is 43.0 Å². The number of hydrogen-bond acceptors (Lipinski definition) is 4. The van der Waals surface area contributed by atoms with Crippen molar-refractivity contribution in [3.63, 3.8) is 0 Å². The number of nitrogens with zero attached hydrogens (tertiary/aromatic N) is 1. The van der Waals surface area contributed by atoms with Crippen LogP contribution in [0.2, 0.25) is 0 Å². The van der Waals surface area contributed by atoms with Crippen LogP contribution in [0.4, 0.5) is 5.69 Å². The molecule has 0 amide bonds. The van der Waals surface area contributed by atoms with Crippen molar-refractivity contribution in [3.05, 3.63) is 78.9 Å². The van der Waals surface area contributed by atoms with Crippen LogP contribution in [0.5, 0.6) is 23.0 Å². The molecule has 4 rings (SSSR count). The molecule has 0 saturated heterocycles. The number of anilines is 1. The van der Waals surface area contributed by atoms with Crippen molar-refractivity contribution < 1.29 is 14.2 Å². The van der Waals surface area contributed by atoms with E-state index in [1.165, 1.54) is 0 Å². The molecule has 6 heteroatoms. The van der Waals surface area contributed by atoms with Crippen molar-refractivity contribution in [2.75, 3.05) is 25.0 Å². The summed E-state index contributed by atoms with van der Waals surface area (Å²) >= 11 is 5.69. The van der Waals surface area contributed by atoms with Crippen molar-refractivity contribution in [2.24, 2.45) is 0 Å². The fourth-order valence-electron chi connectivity index (χ4n) is 3.38. The van der Waals surface area contributed by atoms with Crippen LogP contribution in [-0.4, -0.2) is 35.8 Å². The second kappa shape index (κ2) is 10.2. The van der Waals surface area contributed by atoms with E-state index in [4.69, 9.17) is 26.4 Å². The molecule has 160 valence electrons. The molecule has 1 atom stereocenters. The van der Waals surface area contributed by atoms with Crippen LogP contribution in [0.25, 0.3) is 0 Å². The molecule has 0 radical (unpaired) electrons. The summed E-state index contributed by atoms with van der Waals surface area (Å²) in [7, 11) is 0. The lowest BCUT2D eigenvalue weighted by Crippen LogP contribution is -2.45. The lowest BCUT2D eigenvalue weighted by Gasteiger charge is -2.32. The molecule has 0 spiro atoms. The minimum Gasteiger partial charge on any atom is -0.486 e. The molecular formula is C25H26N2O3S. The maximum atomic E-state index is 6.11. The second-order valence-corrected chi connectivity index (χ2v) is 7.70. The monoisotopic (exact) mass is 434 g/mol. The molecule has 3 aromatic rings. The number of benzene rings is 3. The number of thiocarbonyl (C=S) groups is 1. The van der Waals surface area contributed by atoms with Gasteiger partial charge in [0, 0.05) is 12.2 Å². The van der Waals surface area contributed by atoms with Crippen LogP contribution in [0.1, 0.15) is 13.3 Å². The molecule has 0 fully saturated rings. The van der Waals surface area contributed by atoms with Gasteiger partial charge in [-0.25, -0.2) is 0 Å². The van der Waals surface area contributed by atoms with Gasteiger partial charge in [-0.1, -0.05) is 37.3 Å². The number of fused-ring (bicyclic) bond motifs is 1. The Bertz CT molecular complexity index is 995. The quantitative estimate of drug-likeness (QED) is 0.479. The minimum atomic E-state index is -0.0807. The summed E-state index contributed by atoms with van der Waals surface area (Å²) in [5, 5.41) is 4.00. The van der Waals surface area contributed by atoms with E-state index in [0.717, 1.165) is 41.7 Å². The maximum Gasteiger partial charge on any atom is 0.173 e. The molecule has 31 heavy (non-hydrogen) atoms. The third-order valence-electron chi connectivity index (χ3n) is 4.86. The predicted molar refractivity (Wildman–Crippen MR) is 127 cm³/mol. The van der Waals surface area contributed by atoms with Crippen LogP contribution in [0, 0.1) is 0 Å². The predicted octanol–water partition coefficient (Wildman–Crippen LogP) is 5.73. The Morgan fingerprint density at radius 1 is 0.968 bits per heavy atom. The standard InChI is InChI=1S/C25H26N2O3S/c1-2-16-27(17-22-18-28-23-10-6-7-11-24(23)30-22)25(31)26-19-12-14-21(15-13-19)29-20-8-4-3-5-9-20/h3-15,22H,2,16-18H2,1H3,(H,26,31)/t22-/m1/s1. The minimum absolute atomic E-state index is 0.0807. The highest BCUT2D eigenvalue weighted by molar-refractivity contribution is 7.80. The summed E-state index contributed by atoms with van der Waals surface area (Å²) < 4.78 is 17.8. The number of ether oxygens (including phenoxy) is 3. The fraction of sp³-hybridized carbons (Fsp3) is 0.240. The van der Waals surface area contributed by atoms with Crippen molar-refractivity contribution in [1.82, 2.24) is 4.90 Å². The van der Waals surface area contributed by atoms with Gasteiger partial charge in [-0.3, -0.25) is 0 Å². The Morgan fingerprint density at radius 2 is 1.65 bits per heavy atom. The number of rotatable bonds is 7. The van der Waals surface area contributed by atoms with Crippen LogP contribution >= 0.6 is 12.2 Å². The van der Waals surface area contributed by atoms with E-state index in [1.807, 2.05) is 78.9 Å². The van der Waals surface area contributed by atoms with Crippen LogP contribution in [-0.2, 0) is 0 Å². The van der Waals surface area contributed by atoms with Gasteiger partial charge in [0.1, 0.15) is 18.1 Å². The maximum absolute atomic E-state index is 6.11. The lowest BCUT2D eigenvalue weighted by atomic mass is 10.2. The molecule has 1 heterocycles. The van der Waals surface area contributed by atoms with E-state index in [2.05, 4.69) is 17.1 Å². The zero-order valence-electron chi connectivity index (χ0n) is 17.5. The van der Waals surface area contributed by atoms with Gasteiger partial charge in [0.25, 0.3) is 0 Å². The fourth-order valence-corrected chi connectivity index (χ4v) is 3.66. The lowest BCUT2D eigenvalue weighted by molar-refractivity contribution is 0.0746. The normalized spacial score (nSPS) is 14.5. The summed E-state index contributed by atoms with van der Waals surface area (Å²) in [6, 6.07) is 25.3. The number of para-hydroxylation sites is 3. The van der Waals surface area contributed by atoms with Gasteiger partial charge >= 0.3 is 0 Å². The first-order chi connectivity index (χ1) is 15.2. The largest absolute Gasteiger partial charge is 0.486 e. The molecule has 5 nitrogen and oxygen atoms in total. The molecule has 0 aromatic heterocycles. The number of hydrogen-bond donors (Lipinski definition) is 1. The summed E-state index contributed by atoms with van der Waals surface area (Å²) in [4.78, 5) is 2.13. The van der Waals surface area contributed by atoms with Gasteiger partial charge in [-0.05, 0) is 67.2 Å². The van der Waals surface area contributed by atoms with Gasteiger partial charge in [0.05, 0.1) is 6.54 Å². The molecule has 0 unspecified atom stereocenters. The van der Waals surface area contributed by atoms with Gasteiger partial charge in [0.2, 0.25) is 0 Å².